The molecule has 0 amide bonds. The van der Waals surface area contributed by atoms with Gasteiger partial charge in [0.2, 0.25) is 0 Å². The van der Waals surface area contributed by atoms with E-state index in [-0.39, 0.29) is 11.5 Å². The molecule has 2 rings (SSSR count). The van der Waals surface area contributed by atoms with Crippen molar-refractivity contribution >= 4 is 0 Å². The molecule has 0 radical (unpaired) electrons. The Hall–Kier alpha value is -1.22. The van der Waals surface area contributed by atoms with E-state index in [9.17, 15) is 10.2 Å². The van der Waals surface area contributed by atoms with Crippen molar-refractivity contribution in [3.8, 4) is 11.5 Å². The van der Waals surface area contributed by atoms with Crippen molar-refractivity contribution in [2.75, 3.05) is 6.54 Å². The van der Waals surface area contributed by atoms with Crippen LogP contribution < -0.4 is 5.32 Å². The molecule has 18 heavy (non-hydrogen) atoms. The third-order valence-electron chi connectivity index (χ3n) is 3.85. The lowest BCUT2D eigenvalue weighted by molar-refractivity contribution is 0.397. The number of para-hydroxylation sites is 1. The summed E-state index contributed by atoms with van der Waals surface area (Å²) in [4.78, 5) is 0. The Kier molecular flexibility index (Phi) is 4.88. The van der Waals surface area contributed by atoms with E-state index < -0.39 is 0 Å². The molecule has 1 aliphatic carbocycles. The molecule has 3 N–H and O–H groups in total. The van der Waals surface area contributed by atoms with Crippen LogP contribution in [-0.4, -0.2) is 16.8 Å². The summed E-state index contributed by atoms with van der Waals surface area (Å²) in [5.41, 5.74) is 0.760. The maximum atomic E-state index is 9.64. The van der Waals surface area contributed by atoms with E-state index >= 15 is 0 Å². The van der Waals surface area contributed by atoms with Crippen molar-refractivity contribution in [3.63, 3.8) is 0 Å². The Morgan fingerprint density at radius 2 is 1.94 bits per heavy atom. The summed E-state index contributed by atoms with van der Waals surface area (Å²) in [5, 5.41) is 22.3. The number of phenols is 2. The highest BCUT2D eigenvalue weighted by molar-refractivity contribution is 5.44. The molecule has 1 fully saturated rings. The van der Waals surface area contributed by atoms with Crippen LogP contribution in [0.25, 0.3) is 0 Å². The van der Waals surface area contributed by atoms with E-state index in [1.807, 2.05) is 6.07 Å². The fourth-order valence-electron chi connectivity index (χ4n) is 2.76. The molecular weight excluding hydrogens is 226 g/mol. The fourth-order valence-corrected chi connectivity index (χ4v) is 2.76. The topological polar surface area (TPSA) is 52.5 Å². The van der Waals surface area contributed by atoms with Gasteiger partial charge in [-0.1, -0.05) is 37.8 Å². The molecule has 0 atom stereocenters. The van der Waals surface area contributed by atoms with Crippen LogP contribution >= 0.6 is 0 Å². The van der Waals surface area contributed by atoms with Crippen LogP contribution in [0.5, 0.6) is 11.5 Å². The van der Waals surface area contributed by atoms with Gasteiger partial charge in [-0.3, -0.25) is 0 Å². The van der Waals surface area contributed by atoms with Crippen molar-refractivity contribution in [3.05, 3.63) is 23.8 Å². The van der Waals surface area contributed by atoms with E-state index in [1.165, 1.54) is 44.6 Å². The van der Waals surface area contributed by atoms with Gasteiger partial charge in [-0.25, -0.2) is 0 Å². The number of phenolic OH excluding ortho intramolecular Hbond substituents is 2. The number of hydrogen-bond donors (Lipinski definition) is 3. The first-order chi connectivity index (χ1) is 8.77. The zero-order valence-corrected chi connectivity index (χ0v) is 10.9. The van der Waals surface area contributed by atoms with E-state index in [0.717, 1.165) is 18.0 Å². The zero-order chi connectivity index (χ0) is 12.8. The first-order valence-electron chi connectivity index (χ1n) is 6.98. The molecule has 0 bridgehead atoms. The second kappa shape index (κ2) is 6.64. The van der Waals surface area contributed by atoms with Gasteiger partial charge in [0.1, 0.15) is 0 Å². The van der Waals surface area contributed by atoms with Crippen molar-refractivity contribution < 1.29 is 10.2 Å². The molecule has 3 nitrogen and oxygen atoms in total. The normalized spacial score (nSPS) is 16.2. The monoisotopic (exact) mass is 249 g/mol. The van der Waals surface area contributed by atoms with Gasteiger partial charge in [0, 0.05) is 12.1 Å². The first kappa shape index (κ1) is 13.2. The second-order valence-corrected chi connectivity index (χ2v) is 5.25. The van der Waals surface area contributed by atoms with Gasteiger partial charge in [-0.15, -0.1) is 0 Å². The second-order valence-electron chi connectivity index (χ2n) is 5.25. The maximum absolute atomic E-state index is 9.64. The van der Waals surface area contributed by atoms with Crippen molar-refractivity contribution in [2.24, 2.45) is 5.92 Å². The lowest BCUT2D eigenvalue weighted by atomic mass is 10.0. The average molecular weight is 249 g/mol. The summed E-state index contributed by atoms with van der Waals surface area (Å²) in [6.07, 6.45) is 8.16. The summed E-state index contributed by atoms with van der Waals surface area (Å²) >= 11 is 0. The third kappa shape index (κ3) is 3.64. The summed E-state index contributed by atoms with van der Waals surface area (Å²) in [6.45, 7) is 1.59. The van der Waals surface area contributed by atoms with Crippen molar-refractivity contribution in [1.82, 2.24) is 5.32 Å². The average Bonchev–Trinajstić information content (AvgIpc) is 2.87. The molecule has 1 aromatic rings. The number of benzene rings is 1. The molecule has 0 unspecified atom stereocenters. The standard InChI is InChI=1S/C15H23NO2/c17-14-9-3-8-13(15(14)18)11-16-10-4-7-12-5-1-2-6-12/h3,8-9,12,16-18H,1-2,4-7,10-11H2. The van der Waals surface area contributed by atoms with Gasteiger partial charge in [0.25, 0.3) is 0 Å². The molecule has 100 valence electrons. The van der Waals surface area contributed by atoms with Gasteiger partial charge in [0.15, 0.2) is 11.5 Å². The maximum Gasteiger partial charge on any atom is 0.161 e. The predicted molar refractivity (Wildman–Crippen MR) is 72.7 cm³/mol. The Morgan fingerprint density at radius 3 is 2.72 bits per heavy atom. The SMILES string of the molecule is Oc1cccc(CNCCCC2CCCC2)c1O. The number of nitrogens with one attached hydrogen (secondary N) is 1. The Labute approximate surface area is 109 Å². The highest BCUT2D eigenvalue weighted by Crippen LogP contribution is 2.29. The number of rotatable bonds is 6. The molecule has 0 aromatic heterocycles. The minimum atomic E-state index is -0.0414. The number of hydrogen-bond acceptors (Lipinski definition) is 3. The molecule has 1 saturated carbocycles. The van der Waals surface area contributed by atoms with Gasteiger partial charge in [0.05, 0.1) is 0 Å². The summed E-state index contributed by atoms with van der Waals surface area (Å²) in [5.74, 6) is 0.905. The highest BCUT2D eigenvalue weighted by Gasteiger charge is 2.13. The Bertz CT molecular complexity index is 373. The Morgan fingerprint density at radius 1 is 1.17 bits per heavy atom. The largest absolute Gasteiger partial charge is 0.504 e. The van der Waals surface area contributed by atoms with Crippen LogP contribution in [-0.2, 0) is 6.54 Å². The summed E-state index contributed by atoms with van der Waals surface area (Å²) < 4.78 is 0. The lowest BCUT2D eigenvalue weighted by Crippen LogP contribution is -2.15. The Balaban J connectivity index is 1.64. The minimum Gasteiger partial charge on any atom is -0.504 e. The molecular formula is C15H23NO2. The van der Waals surface area contributed by atoms with Gasteiger partial charge in [-0.05, 0) is 31.4 Å². The van der Waals surface area contributed by atoms with E-state index in [1.54, 1.807) is 6.07 Å². The summed E-state index contributed by atoms with van der Waals surface area (Å²) in [7, 11) is 0. The summed E-state index contributed by atoms with van der Waals surface area (Å²) in [6, 6.07) is 5.09. The first-order valence-corrected chi connectivity index (χ1v) is 6.98. The van der Waals surface area contributed by atoms with E-state index in [4.69, 9.17) is 0 Å². The van der Waals surface area contributed by atoms with E-state index in [2.05, 4.69) is 5.32 Å². The molecule has 3 heteroatoms. The molecule has 0 aliphatic heterocycles. The molecule has 0 saturated heterocycles. The van der Waals surface area contributed by atoms with Gasteiger partial charge >= 0.3 is 0 Å². The predicted octanol–water partition coefficient (Wildman–Crippen LogP) is 3.16. The van der Waals surface area contributed by atoms with E-state index in [0.29, 0.717) is 6.54 Å². The minimum absolute atomic E-state index is 0.000734. The number of aromatic hydroxyl groups is 2. The quantitative estimate of drug-likeness (QED) is 0.536. The van der Waals surface area contributed by atoms with Crippen molar-refractivity contribution in [2.45, 2.75) is 45.1 Å². The van der Waals surface area contributed by atoms with Crippen LogP contribution in [0.3, 0.4) is 0 Å². The highest BCUT2D eigenvalue weighted by atomic mass is 16.3. The van der Waals surface area contributed by atoms with Crippen LogP contribution in [0.1, 0.15) is 44.1 Å². The van der Waals surface area contributed by atoms with Crippen molar-refractivity contribution in [1.29, 1.82) is 0 Å². The molecule has 1 aromatic carbocycles. The molecule has 0 spiro atoms. The smallest absolute Gasteiger partial charge is 0.161 e. The van der Waals surface area contributed by atoms with Gasteiger partial charge < -0.3 is 15.5 Å². The molecule has 1 aliphatic rings. The van der Waals surface area contributed by atoms with Crippen LogP contribution in [0.4, 0.5) is 0 Å². The van der Waals surface area contributed by atoms with Crippen LogP contribution in [0.2, 0.25) is 0 Å². The third-order valence-corrected chi connectivity index (χ3v) is 3.85. The molecule has 0 heterocycles. The van der Waals surface area contributed by atoms with Crippen LogP contribution in [0, 0.1) is 5.92 Å². The zero-order valence-electron chi connectivity index (χ0n) is 10.9. The lowest BCUT2D eigenvalue weighted by Gasteiger charge is -2.10. The van der Waals surface area contributed by atoms with Gasteiger partial charge in [-0.2, -0.15) is 0 Å². The van der Waals surface area contributed by atoms with Crippen LogP contribution in [0.15, 0.2) is 18.2 Å². The fraction of sp³-hybridized carbons (Fsp3) is 0.600.